The second kappa shape index (κ2) is 6.87. The second-order valence-electron chi connectivity index (χ2n) is 6.08. The zero-order valence-electron chi connectivity index (χ0n) is 14.0. The Morgan fingerprint density at radius 3 is 2.46 bits per heavy atom. The van der Waals surface area contributed by atoms with Crippen molar-refractivity contribution >= 4 is 17.4 Å². The van der Waals surface area contributed by atoms with Crippen LogP contribution in [0.1, 0.15) is 34.3 Å². The van der Waals surface area contributed by atoms with Crippen molar-refractivity contribution in [3.05, 3.63) is 59.2 Å². The molecule has 0 saturated carbocycles. The summed E-state index contributed by atoms with van der Waals surface area (Å²) in [6, 6.07) is 13.4. The molecule has 0 unspecified atom stereocenters. The van der Waals surface area contributed by atoms with Crippen molar-refractivity contribution in [1.29, 1.82) is 0 Å². The third-order valence-corrected chi connectivity index (χ3v) is 4.32. The Morgan fingerprint density at radius 2 is 1.67 bits per heavy atom. The van der Waals surface area contributed by atoms with Gasteiger partial charge >= 0.3 is 0 Å². The quantitative estimate of drug-likeness (QED) is 0.601. The number of nitrogens with zero attached hydrogens (tertiary/aromatic N) is 1. The standard InChI is InChI=1S/C20H21NO3/c1-14-8-3-4-11-17(14)24-13-6-5-12-21-18-15(2)9-7-10-16(18)19(22)20(21)23/h3-4,7-11H,5-6,12-13H2,1-2H3. The highest BCUT2D eigenvalue weighted by Gasteiger charge is 2.36. The van der Waals surface area contributed by atoms with Crippen LogP contribution in [0.3, 0.4) is 0 Å². The summed E-state index contributed by atoms with van der Waals surface area (Å²) in [7, 11) is 0. The highest BCUT2D eigenvalue weighted by Crippen LogP contribution is 2.32. The molecular formula is C20H21NO3. The number of ether oxygens (including phenoxy) is 1. The van der Waals surface area contributed by atoms with Gasteiger partial charge in [0.05, 0.1) is 17.9 Å². The molecule has 0 atom stereocenters. The molecular weight excluding hydrogens is 302 g/mol. The van der Waals surface area contributed by atoms with Gasteiger partial charge in [0.25, 0.3) is 11.7 Å². The first-order valence-electron chi connectivity index (χ1n) is 8.24. The van der Waals surface area contributed by atoms with Crippen LogP contribution in [-0.2, 0) is 4.79 Å². The van der Waals surface area contributed by atoms with Crippen molar-refractivity contribution in [1.82, 2.24) is 0 Å². The summed E-state index contributed by atoms with van der Waals surface area (Å²) in [5.74, 6) is 0.0788. The summed E-state index contributed by atoms with van der Waals surface area (Å²) in [5, 5.41) is 0. The van der Waals surface area contributed by atoms with E-state index in [2.05, 4.69) is 0 Å². The Balaban J connectivity index is 1.55. The first kappa shape index (κ1) is 16.2. The lowest BCUT2D eigenvalue weighted by atomic mass is 10.1. The number of unbranched alkanes of at least 4 members (excludes halogenated alkanes) is 1. The molecule has 4 heteroatoms. The largest absolute Gasteiger partial charge is 0.493 e. The first-order valence-corrected chi connectivity index (χ1v) is 8.24. The minimum Gasteiger partial charge on any atom is -0.493 e. The number of hydrogen-bond acceptors (Lipinski definition) is 3. The van der Waals surface area contributed by atoms with Crippen molar-refractivity contribution in [2.45, 2.75) is 26.7 Å². The molecule has 124 valence electrons. The molecule has 0 saturated heterocycles. The predicted molar refractivity (Wildman–Crippen MR) is 93.8 cm³/mol. The topological polar surface area (TPSA) is 46.6 Å². The highest BCUT2D eigenvalue weighted by atomic mass is 16.5. The van der Waals surface area contributed by atoms with Crippen molar-refractivity contribution < 1.29 is 14.3 Å². The predicted octanol–water partition coefficient (Wildman–Crippen LogP) is 3.69. The van der Waals surface area contributed by atoms with Gasteiger partial charge in [-0.2, -0.15) is 0 Å². The number of rotatable bonds is 6. The molecule has 0 radical (unpaired) electrons. The van der Waals surface area contributed by atoms with Gasteiger partial charge in [-0.1, -0.05) is 30.3 Å². The van der Waals surface area contributed by atoms with Gasteiger partial charge in [-0.05, 0) is 49.9 Å². The van der Waals surface area contributed by atoms with E-state index in [4.69, 9.17) is 4.74 Å². The molecule has 1 aliphatic rings. The molecule has 1 heterocycles. The Hall–Kier alpha value is -2.62. The maximum Gasteiger partial charge on any atom is 0.299 e. The monoisotopic (exact) mass is 323 g/mol. The summed E-state index contributed by atoms with van der Waals surface area (Å²) >= 11 is 0. The minimum atomic E-state index is -0.417. The highest BCUT2D eigenvalue weighted by molar-refractivity contribution is 6.52. The van der Waals surface area contributed by atoms with Crippen LogP contribution in [0.25, 0.3) is 0 Å². The average Bonchev–Trinajstić information content (AvgIpc) is 2.82. The van der Waals surface area contributed by atoms with Crippen LogP contribution >= 0.6 is 0 Å². The third-order valence-electron chi connectivity index (χ3n) is 4.32. The fourth-order valence-corrected chi connectivity index (χ4v) is 3.03. The summed E-state index contributed by atoms with van der Waals surface area (Å²) in [6.07, 6.45) is 1.62. The van der Waals surface area contributed by atoms with Gasteiger partial charge < -0.3 is 9.64 Å². The normalized spacial score (nSPS) is 13.3. The Bertz CT molecular complexity index is 782. The number of amides is 1. The minimum absolute atomic E-state index is 0.398. The number of benzene rings is 2. The number of carbonyl (C=O) groups excluding carboxylic acids is 2. The van der Waals surface area contributed by atoms with Crippen LogP contribution in [0, 0.1) is 13.8 Å². The first-order chi connectivity index (χ1) is 11.6. The van der Waals surface area contributed by atoms with Gasteiger partial charge in [0.2, 0.25) is 0 Å². The van der Waals surface area contributed by atoms with Crippen LogP contribution in [0.2, 0.25) is 0 Å². The van der Waals surface area contributed by atoms with E-state index in [1.54, 1.807) is 11.0 Å². The molecule has 0 N–H and O–H groups in total. The Morgan fingerprint density at radius 1 is 0.917 bits per heavy atom. The molecule has 0 bridgehead atoms. The van der Waals surface area contributed by atoms with Gasteiger partial charge in [-0.3, -0.25) is 9.59 Å². The van der Waals surface area contributed by atoms with Gasteiger partial charge in [0, 0.05) is 6.54 Å². The molecule has 0 aliphatic carbocycles. The van der Waals surface area contributed by atoms with Gasteiger partial charge in [-0.15, -0.1) is 0 Å². The molecule has 0 aromatic heterocycles. The molecule has 2 aromatic carbocycles. The summed E-state index contributed by atoms with van der Waals surface area (Å²) in [5.41, 5.74) is 3.37. The zero-order chi connectivity index (χ0) is 17.1. The lowest BCUT2D eigenvalue weighted by molar-refractivity contribution is -0.114. The van der Waals surface area contributed by atoms with E-state index in [1.165, 1.54) is 0 Å². The average molecular weight is 323 g/mol. The van der Waals surface area contributed by atoms with Crippen molar-refractivity contribution in [3.63, 3.8) is 0 Å². The molecule has 2 aromatic rings. The maximum absolute atomic E-state index is 12.2. The molecule has 1 aliphatic heterocycles. The van der Waals surface area contributed by atoms with Gasteiger partial charge in [0.15, 0.2) is 0 Å². The van der Waals surface area contributed by atoms with Crippen molar-refractivity contribution in [2.75, 3.05) is 18.1 Å². The Labute approximate surface area is 142 Å². The van der Waals surface area contributed by atoms with E-state index >= 15 is 0 Å². The zero-order valence-corrected chi connectivity index (χ0v) is 14.0. The summed E-state index contributed by atoms with van der Waals surface area (Å²) in [4.78, 5) is 25.9. The molecule has 0 fully saturated rings. The van der Waals surface area contributed by atoms with Crippen molar-refractivity contribution in [3.8, 4) is 5.75 Å². The van der Waals surface area contributed by atoms with Gasteiger partial charge in [0.1, 0.15) is 5.75 Å². The van der Waals surface area contributed by atoms with Crippen LogP contribution < -0.4 is 9.64 Å². The Kier molecular flexibility index (Phi) is 4.65. The van der Waals surface area contributed by atoms with Gasteiger partial charge in [-0.25, -0.2) is 0 Å². The van der Waals surface area contributed by atoms with E-state index in [0.29, 0.717) is 18.7 Å². The smallest absolute Gasteiger partial charge is 0.299 e. The summed E-state index contributed by atoms with van der Waals surface area (Å²) < 4.78 is 5.77. The van der Waals surface area contributed by atoms with E-state index in [9.17, 15) is 9.59 Å². The van der Waals surface area contributed by atoms with E-state index in [0.717, 1.165) is 35.4 Å². The lowest BCUT2D eigenvalue weighted by Gasteiger charge is -2.18. The molecule has 1 amide bonds. The third kappa shape index (κ3) is 3.04. The molecule has 3 rings (SSSR count). The number of Topliss-reactive ketones (excluding diaryl/α,β-unsaturated/α-hetero) is 1. The molecule has 0 spiro atoms. The number of ketones is 1. The molecule has 4 nitrogen and oxygen atoms in total. The van der Waals surface area contributed by atoms with E-state index in [-0.39, 0.29) is 0 Å². The SMILES string of the molecule is Cc1ccccc1OCCCCN1C(=O)C(=O)c2cccc(C)c21. The van der Waals surface area contributed by atoms with Crippen molar-refractivity contribution in [2.24, 2.45) is 0 Å². The number of para-hydroxylation sites is 2. The number of fused-ring (bicyclic) bond motifs is 1. The van der Waals surface area contributed by atoms with E-state index in [1.807, 2.05) is 50.2 Å². The van der Waals surface area contributed by atoms with Crippen LogP contribution in [0.5, 0.6) is 5.75 Å². The number of hydrogen-bond donors (Lipinski definition) is 0. The fraction of sp³-hybridized carbons (Fsp3) is 0.300. The fourth-order valence-electron chi connectivity index (χ4n) is 3.03. The van der Waals surface area contributed by atoms with Crippen LogP contribution in [-0.4, -0.2) is 24.8 Å². The number of anilines is 1. The lowest BCUT2D eigenvalue weighted by Crippen LogP contribution is -2.31. The van der Waals surface area contributed by atoms with Crippen LogP contribution in [0.4, 0.5) is 5.69 Å². The van der Waals surface area contributed by atoms with E-state index < -0.39 is 11.7 Å². The molecule has 24 heavy (non-hydrogen) atoms. The second-order valence-corrected chi connectivity index (χ2v) is 6.08. The maximum atomic E-state index is 12.2. The van der Waals surface area contributed by atoms with Crippen LogP contribution in [0.15, 0.2) is 42.5 Å². The summed E-state index contributed by atoms with van der Waals surface area (Å²) in [6.45, 7) is 5.09. The number of aryl methyl sites for hydroxylation is 2. The number of carbonyl (C=O) groups is 2.